The third kappa shape index (κ3) is 3.01. The van der Waals surface area contributed by atoms with Gasteiger partial charge >= 0.3 is 6.09 Å². The summed E-state index contributed by atoms with van der Waals surface area (Å²) in [5.74, 6) is -0.0752. The summed E-state index contributed by atoms with van der Waals surface area (Å²) < 4.78 is 5.23. The Morgan fingerprint density at radius 1 is 1.45 bits per heavy atom. The lowest BCUT2D eigenvalue weighted by atomic mass is 10.2. The van der Waals surface area contributed by atoms with Gasteiger partial charge in [-0.1, -0.05) is 0 Å². The van der Waals surface area contributed by atoms with Crippen LogP contribution < -0.4 is 16.0 Å². The van der Waals surface area contributed by atoms with Crippen molar-refractivity contribution in [3.63, 3.8) is 0 Å². The molecule has 1 fully saturated rings. The molecule has 0 radical (unpaired) electrons. The first-order valence-corrected chi connectivity index (χ1v) is 7.84. The van der Waals surface area contributed by atoms with Crippen LogP contribution in [0, 0.1) is 0 Å². The number of nitrogens with zero attached hydrogens (tertiary/aromatic N) is 1. The van der Waals surface area contributed by atoms with E-state index >= 15 is 0 Å². The molecule has 0 bridgehead atoms. The molecule has 1 atom stereocenters. The fourth-order valence-electron chi connectivity index (χ4n) is 2.42. The molecule has 7 nitrogen and oxygen atoms in total. The number of nitrogens with one attached hydrogen (secondary N) is 1. The maximum absolute atomic E-state index is 12.0. The van der Waals surface area contributed by atoms with Crippen molar-refractivity contribution in [1.29, 1.82) is 0 Å². The SMILES string of the molecule is NC(=O)CCC1CN(c2ccc3c(c2)NC(=O)CS3)C(=O)O1. The van der Waals surface area contributed by atoms with Gasteiger partial charge in [-0.15, -0.1) is 11.8 Å². The van der Waals surface area contributed by atoms with E-state index in [-0.39, 0.29) is 18.4 Å². The molecule has 0 saturated carbocycles. The molecular formula is C14H15N3O4S. The molecule has 1 unspecified atom stereocenters. The molecule has 2 aliphatic rings. The average Bonchev–Trinajstić information content (AvgIpc) is 2.85. The quantitative estimate of drug-likeness (QED) is 0.871. The van der Waals surface area contributed by atoms with Crippen molar-refractivity contribution in [2.75, 3.05) is 22.5 Å². The molecule has 0 aliphatic carbocycles. The number of thioether (sulfide) groups is 1. The van der Waals surface area contributed by atoms with Crippen molar-refractivity contribution in [3.05, 3.63) is 18.2 Å². The lowest BCUT2D eigenvalue weighted by molar-refractivity contribution is -0.118. The molecule has 0 spiro atoms. The Bertz CT molecular complexity index is 649. The van der Waals surface area contributed by atoms with E-state index in [9.17, 15) is 14.4 Å². The van der Waals surface area contributed by atoms with Gasteiger partial charge < -0.3 is 15.8 Å². The van der Waals surface area contributed by atoms with Gasteiger partial charge in [-0.05, 0) is 24.6 Å². The van der Waals surface area contributed by atoms with Crippen LogP contribution in [-0.2, 0) is 14.3 Å². The Morgan fingerprint density at radius 3 is 3.05 bits per heavy atom. The molecule has 1 aromatic carbocycles. The predicted octanol–water partition coefficient (Wildman–Crippen LogP) is 1.32. The summed E-state index contributed by atoms with van der Waals surface area (Å²) in [7, 11) is 0. The van der Waals surface area contributed by atoms with Crippen LogP contribution in [0.15, 0.2) is 23.1 Å². The first-order valence-electron chi connectivity index (χ1n) is 6.86. The number of amides is 3. The Hall–Kier alpha value is -2.22. The van der Waals surface area contributed by atoms with Crippen molar-refractivity contribution in [1.82, 2.24) is 0 Å². The molecule has 0 aromatic heterocycles. The van der Waals surface area contributed by atoms with E-state index in [1.807, 2.05) is 12.1 Å². The van der Waals surface area contributed by atoms with Crippen LogP contribution in [-0.4, -0.2) is 36.3 Å². The second-order valence-corrected chi connectivity index (χ2v) is 6.16. The van der Waals surface area contributed by atoms with Crippen LogP contribution in [0.1, 0.15) is 12.8 Å². The summed E-state index contributed by atoms with van der Waals surface area (Å²) in [5.41, 5.74) is 6.47. The van der Waals surface area contributed by atoms with Crippen LogP contribution in [0.4, 0.5) is 16.2 Å². The number of ether oxygens (including phenoxy) is 1. The minimum absolute atomic E-state index is 0.0574. The second-order valence-electron chi connectivity index (χ2n) is 5.14. The normalized spacial score (nSPS) is 20.4. The zero-order chi connectivity index (χ0) is 15.7. The molecular weight excluding hydrogens is 306 g/mol. The minimum atomic E-state index is -0.454. The fraction of sp³-hybridized carbons (Fsp3) is 0.357. The predicted molar refractivity (Wildman–Crippen MR) is 81.8 cm³/mol. The summed E-state index contributed by atoms with van der Waals surface area (Å²) in [6.45, 7) is 0.367. The maximum Gasteiger partial charge on any atom is 0.414 e. The summed E-state index contributed by atoms with van der Waals surface area (Å²) in [6, 6.07) is 5.46. The first kappa shape index (κ1) is 14.7. The molecule has 2 heterocycles. The number of benzene rings is 1. The van der Waals surface area contributed by atoms with Crippen molar-refractivity contribution in [3.8, 4) is 0 Å². The molecule has 1 saturated heterocycles. The molecule has 116 valence electrons. The van der Waals surface area contributed by atoms with Gasteiger partial charge in [0.25, 0.3) is 0 Å². The number of carbonyl (C=O) groups excluding carboxylic acids is 3. The van der Waals surface area contributed by atoms with Gasteiger partial charge in [-0.2, -0.15) is 0 Å². The van der Waals surface area contributed by atoms with Crippen molar-refractivity contribution in [2.24, 2.45) is 5.73 Å². The van der Waals surface area contributed by atoms with Gasteiger partial charge in [0.1, 0.15) is 6.10 Å². The number of primary amides is 1. The molecule has 8 heteroatoms. The number of hydrogen-bond acceptors (Lipinski definition) is 5. The number of rotatable bonds is 4. The van der Waals surface area contributed by atoms with Gasteiger partial charge in [-0.25, -0.2) is 4.79 Å². The number of anilines is 2. The van der Waals surface area contributed by atoms with E-state index in [0.717, 1.165) is 4.90 Å². The summed E-state index contributed by atoms with van der Waals surface area (Å²) in [4.78, 5) is 36.7. The van der Waals surface area contributed by atoms with Crippen LogP contribution in [0.5, 0.6) is 0 Å². The Morgan fingerprint density at radius 2 is 2.27 bits per heavy atom. The van der Waals surface area contributed by atoms with Crippen molar-refractivity contribution >= 4 is 41.0 Å². The summed E-state index contributed by atoms with van der Waals surface area (Å²) in [5, 5.41) is 2.79. The highest BCUT2D eigenvalue weighted by Crippen LogP contribution is 2.35. The lowest BCUT2D eigenvalue weighted by Gasteiger charge is -2.19. The Labute approximate surface area is 131 Å². The van der Waals surface area contributed by atoms with E-state index in [1.54, 1.807) is 6.07 Å². The lowest BCUT2D eigenvalue weighted by Crippen LogP contribution is -2.25. The standard InChI is InChI=1S/C14H15N3O4S/c15-12(18)4-2-9-6-17(14(20)21-9)8-1-3-11-10(5-8)16-13(19)7-22-11/h1,3,5,9H,2,4,6-7H2,(H2,15,18)(H,16,19). The zero-order valence-electron chi connectivity index (χ0n) is 11.7. The van der Waals surface area contributed by atoms with Gasteiger partial charge in [-0.3, -0.25) is 14.5 Å². The molecule has 1 aromatic rings. The van der Waals surface area contributed by atoms with E-state index in [2.05, 4.69) is 5.32 Å². The monoisotopic (exact) mass is 321 g/mol. The van der Waals surface area contributed by atoms with Crippen LogP contribution in [0.2, 0.25) is 0 Å². The Kier molecular flexibility index (Phi) is 3.93. The van der Waals surface area contributed by atoms with E-state index in [4.69, 9.17) is 10.5 Å². The molecule has 22 heavy (non-hydrogen) atoms. The number of carbonyl (C=O) groups is 3. The molecule has 2 aliphatic heterocycles. The van der Waals surface area contributed by atoms with E-state index in [0.29, 0.717) is 30.1 Å². The zero-order valence-corrected chi connectivity index (χ0v) is 12.5. The number of nitrogens with two attached hydrogens (primary N) is 1. The van der Waals surface area contributed by atoms with E-state index < -0.39 is 12.0 Å². The smallest absolute Gasteiger partial charge is 0.414 e. The van der Waals surface area contributed by atoms with Gasteiger partial charge in [0, 0.05) is 17.0 Å². The highest BCUT2D eigenvalue weighted by molar-refractivity contribution is 8.00. The Balaban J connectivity index is 1.74. The van der Waals surface area contributed by atoms with Crippen molar-refractivity contribution < 1.29 is 19.1 Å². The van der Waals surface area contributed by atoms with Gasteiger partial charge in [0.15, 0.2) is 0 Å². The fourth-order valence-corrected chi connectivity index (χ4v) is 3.21. The van der Waals surface area contributed by atoms with Crippen LogP contribution in [0.25, 0.3) is 0 Å². The highest BCUT2D eigenvalue weighted by atomic mass is 32.2. The first-order chi connectivity index (χ1) is 10.5. The number of fused-ring (bicyclic) bond motifs is 1. The molecule has 3 N–H and O–H groups in total. The third-order valence-corrected chi connectivity index (χ3v) is 4.57. The van der Waals surface area contributed by atoms with Crippen LogP contribution in [0.3, 0.4) is 0 Å². The van der Waals surface area contributed by atoms with Crippen LogP contribution >= 0.6 is 11.8 Å². The summed E-state index contributed by atoms with van der Waals surface area (Å²) in [6.07, 6.45) is -0.207. The number of cyclic esters (lactones) is 1. The topological polar surface area (TPSA) is 102 Å². The number of hydrogen-bond donors (Lipinski definition) is 2. The van der Waals surface area contributed by atoms with Gasteiger partial charge in [0.2, 0.25) is 11.8 Å². The average molecular weight is 321 g/mol. The summed E-state index contributed by atoms with van der Waals surface area (Å²) >= 11 is 1.46. The molecule has 3 rings (SSSR count). The van der Waals surface area contributed by atoms with Crippen molar-refractivity contribution in [2.45, 2.75) is 23.8 Å². The minimum Gasteiger partial charge on any atom is -0.444 e. The largest absolute Gasteiger partial charge is 0.444 e. The highest BCUT2D eigenvalue weighted by Gasteiger charge is 2.32. The maximum atomic E-state index is 12.0. The van der Waals surface area contributed by atoms with Gasteiger partial charge in [0.05, 0.1) is 18.0 Å². The second kappa shape index (κ2) is 5.88. The van der Waals surface area contributed by atoms with E-state index in [1.165, 1.54) is 16.7 Å². The third-order valence-electron chi connectivity index (χ3n) is 3.49. The molecule has 3 amide bonds.